The quantitative estimate of drug-likeness (QED) is 0.402. The Hall–Kier alpha value is -3.83. The van der Waals surface area contributed by atoms with Crippen molar-refractivity contribution in [2.75, 3.05) is 26.9 Å². The van der Waals surface area contributed by atoms with Gasteiger partial charge in [-0.1, -0.05) is 42.5 Å². The molecular weight excluding hydrogens is 458 g/mol. The highest BCUT2D eigenvalue weighted by atomic mass is 16.5. The van der Waals surface area contributed by atoms with Gasteiger partial charge < -0.3 is 19.3 Å². The molecule has 3 aromatic rings. The zero-order valence-electron chi connectivity index (χ0n) is 20.4. The number of nitrogens with zero attached hydrogens (tertiary/aromatic N) is 3. The molecule has 1 aliphatic carbocycles. The van der Waals surface area contributed by atoms with Crippen LogP contribution in [0.25, 0.3) is 22.4 Å². The van der Waals surface area contributed by atoms with Crippen LogP contribution in [0.4, 0.5) is 0 Å². The SMILES string of the molecule is COc1cccc(-c2c(-c3ccccc3)nn(CC3CCC(COCC(=O)O)CC3)c2OCC#N)c1. The average Bonchev–Trinajstić information content (AvgIpc) is 3.26. The molecule has 0 spiro atoms. The van der Waals surface area contributed by atoms with Gasteiger partial charge in [0.2, 0.25) is 5.88 Å². The highest BCUT2D eigenvalue weighted by Crippen LogP contribution is 2.41. The van der Waals surface area contributed by atoms with Gasteiger partial charge in [-0.2, -0.15) is 10.4 Å². The van der Waals surface area contributed by atoms with Gasteiger partial charge >= 0.3 is 5.97 Å². The fraction of sp³-hybridized carbons (Fsp3) is 0.393. The Bertz CT molecular complexity index is 1190. The van der Waals surface area contributed by atoms with E-state index in [4.69, 9.17) is 24.4 Å². The van der Waals surface area contributed by atoms with Gasteiger partial charge in [0.15, 0.2) is 6.61 Å². The predicted octanol–water partition coefficient (Wildman–Crippen LogP) is 5.04. The summed E-state index contributed by atoms with van der Waals surface area (Å²) in [7, 11) is 1.64. The minimum atomic E-state index is -0.937. The van der Waals surface area contributed by atoms with Crippen molar-refractivity contribution < 1.29 is 24.1 Å². The zero-order valence-corrected chi connectivity index (χ0v) is 20.4. The molecule has 8 heteroatoms. The van der Waals surface area contributed by atoms with E-state index in [1.807, 2.05) is 59.3 Å². The second kappa shape index (κ2) is 12.2. The van der Waals surface area contributed by atoms with Crippen molar-refractivity contribution in [1.82, 2.24) is 9.78 Å². The lowest BCUT2D eigenvalue weighted by Crippen LogP contribution is -2.23. The molecule has 1 N–H and O–H groups in total. The second-order valence-corrected chi connectivity index (χ2v) is 9.05. The summed E-state index contributed by atoms with van der Waals surface area (Å²) in [6, 6.07) is 19.8. The number of rotatable bonds is 11. The number of benzene rings is 2. The molecule has 36 heavy (non-hydrogen) atoms. The number of carbonyl (C=O) groups is 1. The molecule has 188 valence electrons. The standard InChI is InChI=1S/C28H31N3O5/c1-34-24-9-5-8-23(16-24)26-27(22-6-3-2-4-7-22)30-31(28(26)36-15-14-29)17-20-10-12-21(13-11-20)18-35-19-25(32)33/h2-9,16,20-21H,10-13,15,17-19H2,1H3,(H,32,33). The van der Waals surface area contributed by atoms with Gasteiger partial charge in [0.1, 0.15) is 24.1 Å². The van der Waals surface area contributed by atoms with E-state index < -0.39 is 5.97 Å². The van der Waals surface area contributed by atoms with Crippen LogP contribution in [-0.2, 0) is 16.1 Å². The Balaban J connectivity index is 1.62. The molecular formula is C28H31N3O5. The zero-order chi connectivity index (χ0) is 25.3. The molecule has 1 heterocycles. The van der Waals surface area contributed by atoms with Crippen LogP contribution in [0.2, 0.25) is 0 Å². The van der Waals surface area contributed by atoms with E-state index in [1.54, 1.807) is 7.11 Å². The maximum atomic E-state index is 10.7. The number of aliphatic carboxylic acids is 1. The molecule has 0 radical (unpaired) electrons. The number of hydrogen-bond acceptors (Lipinski definition) is 6. The lowest BCUT2D eigenvalue weighted by molar-refractivity contribution is -0.142. The van der Waals surface area contributed by atoms with E-state index in [0.29, 0.717) is 30.9 Å². The van der Waals surface area contributed by atoms with Gasteiger partial charge in [0, 0.05) is 12.1 Å². The van der Waals surface area contributed by atoms with E-state index in [0.717, 1.165) is 53.8 Å². The normalized spacial score (nSPS) is 17.3. The average molecular weight is 490 g/mol. The predicted molar refractivity (Wildman–Crippen MR) is 135 cm³/mol. The summed E-state index contributed by atoms with van der Waals surface area (Å²) in [6.45, 7) is 0.829. The first-order valence-electron chi connectivity index (χ1n) is 12.2. The van der Waals surface area contributed by atoms with Crippen molar-refractivity contribution in [1.29, 1.82) is 5.26 Å². The maximum absolute atomic E-state index is 10.7. The van der Waals surface area contributed by atoms with Crippen molar-refractivity contribution in [2.24, 2.45) is 11.8 Å². The van der Waals surface area contributed by atoms with E-state index in [9.17, 15) is 10.1 Å². The van der Waals surface area contributed by atoms with Crippen LogP contribution in [0.5, 0.6) is 11.6 Å². The number of hydrogen-bond donors (Lipinski definition) is 1. The number of methoxy groups -OCH3 is 1. The van der Waals surface area contributed by atoms with Crippen LogP contribution < -0.4 is 9.47 Å². The molecule has 1 aliphatic rings. The fourth-order valence-electron chi connectivity index (χ4n) is 4.79. The Morgan fingerprint density at radius 1 is 1.08 bits per heavy atom. The second-order valence-electron chi connectivity index (χ2n) is 9.05. The van der Waals surface area contributed by atoms with Crippen LogP contribution in [0.15, 0.2) is 54.6 Å². The molecule has 2 aromatic carbocycles. The topological polar surface area (TPSA) is 107 Å². The summed E-state index contributed by atoms with van der Waals surface area (Å²) in [6.07, 6.45) is 3.95. The highest BCUT2D eigenvalue weighted by molar-refractivity contribution is 5.85. The van der Waals surface area contributed by atoms with Crippen LogP contribution in [0, 0.1) is 23.2 Å². The van der Waals surface area contributed by atoms with Crippen LogP contribution >= 0.6 is 0 Å². The van der Waals surface area contributed by atoms with E-state index >= 15 is 0 Å². The molecule has 4 rings (SSSR count). The molecule has 0 amide bonds. The Morgan fingerprint density at radius 2 is 1.81 bits per heavy atom. The molecule has 0 aliphatic heterocycles. The van der Waals surface area contributed by atoms with Crippen molar-refractivity contribution >= 4 is 5.97 Å². The first kappa shape index (κ1) is 25.3. The fourth-order valence-corrected chi connectivity index (χ4v) is 4.79. The summed E-state index contributed by atoms with van der Waals surface area (Å²) in [5.74, 6) is 1.14. The van der Waals surface area contributed by atoms with Crippen LogP contribution in [0.3, 0.4) is 0 Å². The smallest absolute Gasteiger partial charge is 0.329 e. The Kier molecular flexibility index (Phi) is 8.58. The summed E-state index contributed by atoms with van der Waals surface area (Å²) in [5.41, 5.74) is 3.51. The molecule has 1 fully saturated rings. The van der Waals surface area contributed by atoms with E-state index in [2.05, 4.69) is 6.07 Å². The Morgan fingerprint density at radius 3 is 2.50 bits per heavy atom. The van der Waals surface area contributed by atoms with Crippen LogP contribution in [0.1, 0.15) is 25.7 Å². The summed E-state index contributed by atoms with van der Waals surface area (Å²) < 4.78 is 18.7. The van der Waals surface area contributed by atoms with E-state index in [1.165, 1.54) is 0 Å². The Labute approximate surface area is 211 Å². The minimum Gasteiger partial charge on any atom is -0.497 e. The molecule has 0 bridgehead atoms. The molecule has 0 atom stereocenters. The summed E-state index contributed by atoms with van der Waals surface area (Å²) in [4.78, 5) is 10.7. The van der Waals surface area contributed by atoms with Gasteiger partial charge in [0.25, 0.3) is 0 Å². The van der Waals surface area contributed by atoms with Crippen molar-refractivity contribution in [3.8, 4) is 40.1 Å². The molecule has 8 nitrogen and oxygen atoms in total. The first-order chi connectivity index (χ1) is 17.6. The number of carboxylic acid groups (broad SMARTS) is 1. The maximum Gasteiger partial charge on any atom is 0.329 e. The lowest BCUT2D eigenvalue weighted by Gasteiger charge is -2.28. The lowest BCUT2D eigenvalue weighted by atomic mass is 9.82. The highest BCUT2D eigenvalue weighted by Gasteiger charge is 2.27. The summed E-state index contributed by atoms with van der Waals surface area (Å²) >= 11 is 0. The largest absolute Gasteiger partial charge is 0.497 e. The van der Waals surface area contributed by atoms with Crippen molar-refractivity contribution in [3.63, 3.8) is 0 Å². The molecule has 0 saturated heterocycles. The number of carboxylic acids is 1. The third kappa shape index (κ3) is 6.23. The minimum absolute atomic E-state index is 0.0788. The molecule has 1 saturated carbocycles. The summed E-state index contributed by atoms with van der Waals surface area (Å²) in [5, 5.41) is 23.0. The van der Waals surface area contributed by atoms with Crippen LogP contribution in [-0.4, -0.2) is 47.8 Å². The third-order valence-corrected chi connectivity index (χ3v) is 6.56. The van der Waals surface area contributed by atoms with Gasteiger partial charge in [-0.15, -0.1) is 0 Å². The first-order valence-corrected chi connectivity index (χ1v) is 12.2. The van der Waals surface area contributed by atoms with Gasteiger partial charge in [0.05, 0.1) is 19.3 Å². The van der Waals surface area contributed by atoms with Crippen molar-refractivity contribution in [3.05, 3.63) is 54.6 Å². The van der Waals surface area contributed by atoms with Gasteiger partial charge in [-0.05, 0) is 55.2 Å². The van der Waals surface area contributed by atoms with Gasteiger partial charge in [-0.25, -0.2) is 9.48 Å². The van der Waals surface area contributed by atoms with E-state index in [-0.39, 0.29) is 13.2 Å². The van der Waals surface area contributed by atoms with Crippen molar-refractivity contribution in [2.45, 2.75) is 32.2 Å². The van der Waals surface area contributed by atoms with Gasteiger partial charge in [-0.3, -0.25) is 0 Å². The molecule has 0 unspecified atom stereocenters. The number of ether oxygens (including phenoxy) is 3. The number of aromatic nitrogens is 2. The number of nitriles is 1. The third-order valence-electron chi connectivity index (χ3n) is 6.56. The molecule has 1 aromatic heterocycles. The monoisotopic (exact) mass is 489 g/mol.